The topological polar surface area (TPSA) is 47.9 Å². The van der Waals surface area contributed by atoms with E-state index < -0.39 is 11.9 Å². The molecule has 4 atom stereocenters. The average Bonchev–Trinajstić information content (AvgIpc) is 2.94. The summed E-state index contributed by atoms with van der Waals surface area (Å²) in [4.78, 5) is 0. The van der Waals surface area contributed by atoms with Crippen molar-refractivity contribution in [3.05, 3.63) is 35.9 Å². The van der Waals surface area contributed by atoms with Crippen LogP contribution in [0.4, 0.5) is 0 Å². The van der Waals surface area contributed by atoms with Crippen LogP contribution in [0.25, 0.3) is 0 Å². The summed E-state index contributed by atoms with van der Waals surface area (Å²) in [7, 11) is 0. The van der Waals surface area contributed by atoms with Crippen molar-refractivity contribution in [1.29, 1.82) is 0 Å². The number of hydrogen-bond acceptors (Lipinski definition) is 5. The molecule has 1 saturated carbocycles. The summed E-state index contributed by atoms with van der Waals surface area (Å²) in [5.74, 6) is 0.364. The largest absolute Gasteiger partial charge is 0.387 e. The van der Waals surface area contributed by atoms with Crippen LogP contribution in [0, 0.1) is 0 Å². The molecule has 1 N–H and O–H groups in total. The lowest BCUT2D eigenvalue weighted by molar-refractivity contribution is -0.198. The molecule has 0 aromatic heterocycles. The van der Waals surface area contributed by atoms with Crippen LogP contribution in [-0.2, 0) is 20.0 Å². The van der Waals surface area contributed by atoms with Crippen LogP contribution in [0.3, 0.4) is 0 Å². The first-order valence-corrected chi connectivity index (χ1v) is 9.61. The maximum absolute atomic E-state index is 10.7. The van der Waals surface area contributed by atoms with Crippen LogP contribution < -0.4 is 0 Å². The minimum Gasteiger partial charge on any atom is -0.387 e. The zero-order valence-corrected chi connectivity index (χ0v) is 14.0. The summed E-state index contributed by atoms with van der Waals surface area (Å²) in [6.07, 6.45) is 4.39. The number of aliphatic hydroxyl groups is 1. The van der Waals surface area contributed by atoms with Gasteiger partial charge in [0.05, 0.1) is 6.61 Å². The van der Waals surface area contributed by atoms with E-state index in [0.717, 1.165) is 31.4 Å². The molecule has 0 bridgehead atoms. The van der Waals surface area contributed by atoms with E-state index in [-0.39, 0.29) is 17.6 Å². The molecule has 4 rings (SSSR count). The van der Waals surface area contributed by atoms with E-state index in [1.165, 1.54) is 12.0 Å². The molecule has 23 heavy (non-hydrogen) atoms. The van der Waals surface area contributed by atoms with Gasteiger partial charge in [-0.05, 0) is 18.4 Å². The number of thioether (sulfide) groups is 1. The molecule has 1 aromatic carbocycles. The van der Waals surface area contributed by atoms with Crippen molar-refractivity contribution >= 4 is 11.8 Å². The quantitative estimate of drug-likeness (QED) is 0.919. The molecule has 2 saturated heterocycles. The van der Waals surface area contributed by atoms with Crippen molar-refractivity contribution in [3.8, 4) is 0 Å². The monoisotopic (exact) mass is 336 g/mol. The van der Waals surface area contributed by atoms with Crippen LogP contribution in [0.15, 0.2) is 30.3 Å². The SMILES string of the molecule is O[C@@H]1[C@H]2OC3(CCCCC3)O[C@@H]2CO[C@@H]1SCc1ccccc1. The number of fused-ring (bicyclic) bond motifs is 1. The third-order valence-corrected chi connectivity index (χ3v) is 6.24. The molecule has 0 amide bonds. The van der Waals surface area contributed by atoms with Crippen molar-refractivity contribution in [2.75, 3.05) is 6.61 Å². The minimum atomic E-state index is -0.635. The Balaban J connectivity index is 1.38. The van der Waals surface area contributed by atoms with E-state index in [0.29, 0.717) is 6.61 Å². The fraction of sp³-hybridized carbons (Fsp3) is 0.667. The van der Waals surface area contributed by atoms with Crippen molar-refractivity contribution in [1.82, 2.24) is 0 Å². The maximum atomic E-state index is 10.7. The molecule has 2 aliphatic heterocycles. The predicted molar refractivity (Wildman–Crippen MR) is 89.0 cm³/mol. The second-order valence-electron chi connectivity index (χ2n) is 6.70. The van der Waals surface area contributed by atoms with Crippen LogP contribution in [0.5, 0.6) is 0 Å². The first kappa shape index (κ1) is 15.9. The van der Waals surface area contributed by atoms with E-state index in [9.17, 15) is 5.11 Å². The second-order valence-corrected chi connectivity index (χ2v) is 7.79. The highest BCUT2D eigenvalue weighted by Crippen LogP contribution is 2.44. The highest BCUT2D eigenvalue weighted by atomic mass is 32.2. The molecule has 3 fully saturated rings. The van der Waals surface area contributed by atoms with Crippen LogP contribution >= 0.6 is 11.8 Å². The van der Waals surface area contributed by atoms with Gasteiger partial charge in [0.25, 0.3) is 0 Å². The zero-order chi connectivity index (χ0) is 15.7. The van der Waals surface area contributed by atoms with Crippen molar-refractivity contribution in [3.63, 3.8) is 0 Å². The number of ether oxygens (including phenoxy) is 3. The van der Waals surface area contributed by atoms with E-state index in [2.05, 4.69) is 12.1 Å². The molecule has 1 aromatic rings. The Morgan fingerprint density at radius 3 is 2.65 bits per heavy atom. The zero-order valence-electron chi connectivity index (χ0n) is 13.2. The summed E-state index contributed by atoms with van der Waals surface area (Å²) >= 11 is 1.63. The molecule has 3 aliphatic rings. The van der Waals surface area contributed by atoms with Gasteiger partial charge in [-0.25, -0.2) is 0 Å². The summed E-state index contributed by atoms with van der Waals surface area (Å²) in [5.41, 5.74) is 0.988. The highest BCUT2D eigenvalue weighted by Gasteiger charge is 2.54. The van der Waals surface area contributed by atoms with Gasteiger partial charge in [-0.1, -0.05) is 36.8 Å². The maximum Gasteiger partial charge on any atom is 0.169 e. The fourth-order valence-electron chi connectivity index (χ4n) is 3.78. The van der Waals surface area contributed by atoms with E-state index >= 15 is 0 Å². The lowest BCUT2D eigenvalue weighted by Crippen LogP contribution is -2.50. The third kappa shape index (κ3) is 3.30. The lowest BCUT2D eigenvalue weighted by Gasteiger charge is -2.34. The third-order valence-electron chi connectivity index (χ3n) is 5.00. The van der Waals surface area contributed by atoms with Gasteiger partial charge in [0, 0.05) is 18.6 Å². The van der Waals surface area contributed by atoms with Gasteiger partial charge in [0.15, 0.2) is 5.79 Å². The molecule has 4 nitrogen and oxygen atoms in total. The molecule has 126 valence electrons. The Bertz CT molecular complexity index is 517. The van der Waals surface area contributed by atoms with Gasteiger partial charge in [-0.2, -0.15) is 0 Å². The van der Waals surface area contributed by atoms with Gasteiger partial charge >= 0.3 is 0 Å². The van der Waals surface area contributed by atoms with E-state index in [4.69, 9.17) is 14.2 Å². The minimum absolute atomic E-state index is 0.128. The predicted octanol–water partition coefficient (Wildman–Crippen LogP) is 3.08. The normalized spacial score (nSPS) is 36.0. The standard InChI is InChI=1S/C18H24O4S/c19-15-16-14(21-18(22-16)9-5-2-6-10-18)11-20-17(15)23-12-13-7-3-1-4-8-13/h1,3-4,7-8,14-17,19H,2,5-6,9-12H2/t14-,15-,16+,17-/m1/s1. The molecular weight excluding hydrogens is 312 g/mol. The number of aliphatic hydroxyl groups excluding tert-OH is 1. The molecule has 1 aliphatic carbocycles. The van der Waals surface area contributed by atoms with E-state index in [1.807, 2.05) is 18.2 Å². The highest BCUT2D eigenvalue weighted by molar-refractivity contribution is 7.99. The number of benzene rings is 1. The van der Waals surface area contributed by atoms with Crippen LogP contribution in [0.2, 0.25) is 0 Å². The number of rotatable bonds is 3. The lowest BCUT2D eigenvalue weighted by atomic mass is 9.94. The molecular formula is C18H24O4S. The van der Waals surface area contributed by atoms with Crippen LogP contribution in [-0.4, -0.2) is 41.2 Å². The van der Waals surface area contributed by atoms with Crippen molar-refractivity contribution in [2.24, 2.45) is 0 Å². The Labute approximate surface area is 141 Å². The average molecular weight is 336 g/mol. The fourth-order valence-corrected chi connectivity index (χ4v) is 4.86. The van der Waals surface area contributed by atoms with Crippen molar-refractivity contribution < 1.29 is 19.3 Å². The Kier molecular flexibility index (Phi) is 4.65. The van der Waals surface area contributed by atoms with Gasteiger partial charge < -0.3 is 19.3 Å². The Morgan fingerprint density at radius 2 is 1.87 bits per heavy atom. The first-order valence-electron chi connectivity index (χ1n) is 8.57. The van der Waals surface area contributed by atoms with Gasteiger partial charge in [-0.15, -0.1) is 11.8 Å². The van der Waals surface area contributed by atoms with Crippen LogP contribution in [0.1, 0.15) is 37.7 Å². The number of hydrogen-bond donors (Lipinski definition) is 1. The first-order chi connectivity index (χ1) is 11.3. The molecule has 0 unspecified atom stereocenters. The molecule has 2 heterocycles. The summed E-state index contributed by atoms with van der Waals surface area (Å²) < 4.78 is 18.2. The van der Waals surface area contributed by atoms with Gasteiger partial charge in [-0.3, -0.25) is 0 Å². The summed E-state index contributed by atoms with van der Waals surface area (Å²) in [6.45, 7) is 0.510. The summed E-state index contributed by atoms with van der Waals surface area (Å²) in [5, 5.41) is 10.7. The molecule has 0 radical (unpaired) electrons. The summed E-state index contributed by atoms with van der Waals surface area (Å²) in [6, 6.07) is 10.3. The smallest absolute Gasteiger partial charge is 0.169 e. The Hall–Kier alpha value is -0.590. The van der Waals surface area contributed by atoms with Gasteiger partial charge in [0.2, 0.25) is 0 Å². The van der Waals surface area contributed by atoms with E-state index in [1.54, 1.807) is 11.8 Å². The Morgan fingerprint density at radius 1 is 1.09 bits per heavy atom. The van der Waals surface area contributed by atoms with Gasteiger partial charge in [0.1, 0.15) is 23.7 Å². The molecule has 1 spiro atoms. The second kappa shape index (κ2) is 6.73. The van der Waals surface area contributed by atoms with Crippen molar-refractivity contribution in [2.45, 2.75) is 67.4 Å². The molecule has 5 heteroatoms.